The molecule has 0 bridgehead atoms. The Morgan fingerprint density at radius 1 is 1.62 bits per heavy atom. The van der Waals surface area contributed by atoms with Gasteiger partial charge in [0.15, 0.2) is 5.78 Å². The SMILES string of the molecule is O=C(CCl)c1cc(F)cc(Br)c1I. The summed E-state index contributed by atoms with van der Waals surface area (Å²) in [6, 6.07) is 2.50. The number of alkyl halides is 1. The van der Waals surface area contributed by atoms with Gasteiger partial charge in [-0.1, -0.05) is 0 Å². The molecule has 1 aromatic carbocycles. The van der Waals surface area contributed by atoms with E-state index in [4.69, 9.17) is 11.6 Å². The van der Waals surface area contributed by atoms with Crippen LogP contribution in [0.4, 0.5) is 4.39 Å². The molecule has 0 saturated heterocycles. The first-order valence-electron chi connectivity index (χ1n) is 3.30. The largest absolute Gasteiger partial charge is 0.293 e. The molecule has 1 rings (SSSR count). The lowest BCUT2D eigenvalue weighted by Crippen LogP contribution is -2.04. The Labute approximate surface area is 102 Å². The summed E-state index contributed by atoms with van der Waals surface area (Å²) in [7, 11) is 0. The van der Waals surface area contributed by atoms with Crippen LogP contribution in [0.25, 0.3) is 0 Å². The summed E-state index contributed by atoms with van der Waals surface area (Å²) in [5.74, 6) is -0.849. The molecule has 0 aliphatic carbocycles. The van der Waals surface area contributed by atoms with E-state index >= 15 is 0 Å². The van der Waals surface area contributed by atoms with Gasteiger partial charge in [0.2, 0.25) is 0 Å². The van der Waals surface area contributed by atoms with E-state index in [0.717, 1.165) is 0 Å². The molecule has 0 fully saturated rings. The first kappa shape index (κ1) is 11.4. The third kappa shape index (κ3) is 2.63. The van der Waals surface area contributed by atoms with Gasteiger partial charge in [0.25, 0.3) is 0 Å². The molecule has 0 N–H and O–H groups in total. The smallest absolute Gasteiger partial charge is 0.178 e. The Bertz CT molecular complexity index is 356. The number of hydrogen-bond donors (Lipinski definition) is 0. The van der Waals surface area contributed by atoms with E-state index < -0.39 is 5.82 Å². The van der Waals surface area contributed by atoms with Gasteiger partial charge in [0, 0.05) is 13.6 Å². The molecule has 0 amide bonds. The molecule has 1 aromatic rings. The van der Waals surface area contributed by atoms with Crippen molar-refractivity contribution in [3.8, 4) is 0 Å². The van der Waals surface area contributed by atoms with E-state index in [-0.39, 0.29) is 11.7 Å². The van der Waals surface area contributed by atoms with Gasteiger partial charge in [-0.2, -0.15) is 0 Å². The van der Waals surface area contributed by atoms with Crippen molar-refractivity contribution in [2.75, 3.05) is 5.88 Å². The molecule has 0 saturated carbocycles. The number of hydrogen-bond acceptors (Lipinski definition) is 1. The highest BCUT2D eigenvalue weighted by Gasteiger charge is 2.12. The monoisotopic (exact) mass is 376 g/mol. The lowest BCUT2D eigenvalue weighted by molar-refractivity contribution is 0.101. The predicted octanol–water partition coefficient (Wildman–Crippen LogP) is 3.61. The number of benzene rings is 1. The van der Waals surface area contributed by atoms with Crippen molar-refractivity contribution in [3.63, 3.8) is 0 Å². The second-order valence-corrected chi connectivity index (χ2v) is 4.51. The van der Waals surface area contributed by atoms with Crippen LogP contribution in [0.1, 0.15) is 10.4 Å². The Kier molecular flexibility index (Phi) is 4.12. The fourth-order valence-electron chi connectivity index (χ4n) is 0.831. The molecule has 0 heterocycles. The second-order valence-electron chi connectivity index (χ2n) is 2.31. The molecule has 0 spiro atoms. The zero-order chi connectivity index (χ0) is 10.0. The predicted molar refractivity (Wildman–Crippen MR) is 61.9 cm³/mol. The first-order chi connectivity index (χ1) is 6.06. The standard InChI is InChI=1S/C8H4BrClFIO/c9-6-2-4(11)1-5(8(6)12)7(13)3-10/h1-2H,3H2. The van der Waals surface area contributed by atoms with Crippen molar-refractivity contribution in [1.29, 1.82) is 0 Å². The summed E-state index contributed by atoms with van der Waals surface area (Å²) in [4.78, 5) is 11.2. The van der Waals surface area contributed by atoms with Crippen LogP contribution in [0.3, 0.4) is 0 Å². The van der Waals surface area contributed by atoms with Gasteiger partial charge in [0.1, 0.15) is 5.82 Å². The van der Waals surface area contributed by atoms with Crippen LogP contribution >= 0.6 is 50.1 Å². The van der Waals surface area contributed by atoms with Gasteiger partial charge in [-0.3, -0.25) is 4.79 Å². The van der Waals surface area contributed by atoms with Crippen molar-refractivity contribution in [2.45, 2.75) is 0 Å². The quantitative estimate of drug-likeness (QED) is 0.333. The number of rotatable bonds is 2. The minimum atomic E-state index is -0.444. The zero-order valence-corrected chi connectivity index (χ0v) is 10.8. The number of carbonyl (C=O) groups excluding carboxylic acids is 1. The highest BCUT2D eigenvalue weighted by molar-refractivity contribution is 14.1. The van der Waals surface area contributed by atoms with Crippen LogP contribution in [0, 0.1) is 9.39 Å². The van der Waals surface area contributed by atoms with Gasteiger partial charge >= 0.3 is 0 Å². The third-order valence-corrected chi connectivity index (χ3v) is 4.19. The van der Waals surface area contributed by atoms with Crippen molar-refractivity contribution >= 4 is 55.9 Å². The van der Waals surface area contributed by atoms with Crippen LogP contribution in [-0.4, -0.2) is 11.7 Å². The topological polar surface area (TPSA) is 17.1 Å². The fraction of sp³-hybridized carbons (Fsp3) is 0.125. The summed E-state index contributed by atoms with van der Waals surface area (Å²) >= 11 is 10.5. The Balaban J connectivity index is 3.28. The lowest BCUT2D eigenvalue weighted by atomic mass is 10.1. The molecule has 0 radical (unpaired) electrons. The lowest BCUT2D eigenvalue weighted by Gasteiger charge is -2.03. The van der Waals surface area contributed by atoms with Crippen LogP contribution in [0.5, 0.6) is 0 Å². The highest BCUT2D eigenvalue weighted by Crippen LogP contribution is 2.24. The van der Waals surface area contributed by atoms with Crippen LogP contribution in [-0.2, 0) is 0 Å². The van der Waals surface area contributed by atoms with E-state index in [2.05, 4.69) is 15.9 Å². The average Bonchev–Trinajstić information content (AvgIpc) is 2.10. The molecular weight excluding hydrogens is 373 g/mol. The van der Waals surface area contributed by atoms with Gasteiger partial charge in [0.05, 0.1) is 5.88 Å². The second kappa shape index (κ2) is 4.70. The van der Waals surface area contributed by atoms with Crippen molar-refractivity contribution < 1.29 is 9.18 Å². The minimum Gasteiger partial charge on any atom is -0.293 e. The summed E-state index contributed by atoms with van der Waals surface area (Å²) in [5, 5.41) is 0. The molecule has 0 aliphatic heterocycles. The molecule has 0 aromatic heterocycles. The average molecular weight is 377 g/mol. The molecule has 1 nitrogen and oxygen atoms in total. The van der Waals surface area contributed by atoms with E-state index in [0.29, 0.717) is 13.6 Å². The molecule has 70 valence electrons. The van der Waals surface area contributed by atoms with E-state index in [9.17, 15) is 9.18 Å². The maximum Gasteiger partial charge on any atom is 0.178 e. The van der Waals surface area contributed by atoms with Crippen molar-refractivity contribution in [3.05, 3.63) is 31.6 Å². The number of halogens is 4. The molecule has 5 heteroatoms. The maximum absolute atomic E-state index is 12.9. The number of ketones is 1. The van der Waals surface area contributed by atoms with Crippen molar-refractivity contribution in [2.24, 2.45) is 0 Å². The Hall–Kier alpha value is 0.320. The van der Waals surface area contributed by atoms with Gasteiger partial charge < -0.3 is 0 Å². The van der Waals surface area contributed by atoms with Crippen LogP contribution < -0.4 is 0 Å². The molecule has 0 aliphatic rings. The molecule has 0 atom stereocenters. The molecular formula is C8H4BrClFIO. The summed E-state index contributed by atoms with van der Waals surface area (Å²) < 4.78 is 14.1. The molecule has 0 unspecified atom stereocenters. The van der Waals surface area contributed by atoms with Crippen molar-refractivity contribution in [1.82, 2.24) is 0 Å². The minimum absolute atomic E-state index is 0.133. The third-order valence-electron chi connectivity index (χ3n) is 1.41. The zero-order valence-electron chi connectivity index (χ0n) is 6.28. The summed E-state index contributed by atoms with van der Waals surface area (Å²) in [6.45, 7) is 0. The van der Waals surface area contributed by atoms with Gasteiger partial charge in [-0.25, -0.2) is 4.39 Å². The summed E-state index contributed by atoms with van der Waals surface area (Å²) in [5.41, 5.74) is 0.322. The molecule has 13 heavy (non-hydrogen) atoms. The summed E-state index contributed by atoms with van der Waals surface area (Å²) in [6.07, 6.45) is 0. The number of Topliss-reactive ketones (excluding diaryl/α,β-unsaturated/α-hetero) is 1. The van der Waals surface area contributed by atoms with Crippen LogP contribution in [0.2, 0.25) is 0 Å². The Morgan fingerprint density at radius 3 is 2.77 bits per heavy atom. The van der Waals surface area contributed by atoms with E-state index in [1.807, 2.05) is 22.6 Å². The fourth-order valence-corrected chi connectivity index (χ4v) is 2.02. The first-order valence-corrected chi connectivity index (χ1v) is 5.70. The van der Waals surface area contributed by atoms with Crippen LogP contribution in [0.15, 0.2) is 16.6 Å². The normalized spacial score (nSPS) is 10.2. The Morgan fingerprint density at radius 2 is 2.23 bits per heavy atom. The number of carbonyl (C=O) groups is 1. The van der Waals surface area contributed by atoms with Gasteiger partial charge in [-0.05, 0) is 50.7 Å². The maximum atomic E-state index is 12.9. The van der Waals surface area contributed by atoms with E-state index in [1.165, 1.54) is 12.1 Å². The van der Waals surface area contributed by atoms with E-state index in [1.54, 1.807) is 0 Å². The van der Waals surface area contributed by atoms with Gasteiger partial charge in [-0.15, -0.1) is 11.6 Å². The highest BCUT2D eigenvalue weighted by atomic mass is 127.